The van der Waals surface area contributed by atoms with Gasteiger partial charge in [0.2, 0.25) is 21.8 Å². The number of halogens is 3. The second-order valence-electron chi connectivity index (χ2n) is 13.7. The van der Waals surface area contributed by atoms with Crippen LogP contribution >= 0.6 is 11.3 Å². The molecule has 51 heavy (non-hydrogen) atoms. The smallest absolute Gasteiger partial charge is 0.416 e. The van der Waals surface area contributed by atoms with E-state index in [0.717, 1.165) is 23.4 Å². The molecule has 3 N–H and O–H groups in total. The lowest BCUT2D eigenvalue weighted by atomic mass is 9.93. The van der Waals surface area contributed by atoms with E-state index in [9.17, 15) is 40.8 Å². The summed E-state index contributed by atoms with van der Waals surface area (Å²) in [6.07, 6.45) is 2.23. The Labute approximate surface area is 297 Å². The molecule has 17 heteroatoms. The average molecular weight is 752 g/mol. The zero-order valence-corrected chi connectivity index (χ0v) is 29.8. The quantitative estimate of drug-likeness (QED) is 0.333. The Morgan fingerprint density at radius 3 is 2.59 bits per heavy atom. The van der Waals surface area contributed by atoms with Gasteiger partial charge in [0.25, 0.3) is 5.91 Å². The molecule has 0 saturated heterocycles. The number of alkyl halides is 3. The number of ether oxygens (including phenoxy) is 1. The molecule has 12 nitrogen and oxygen atoms in total. The van der Waals surface area contributed by atoms with Crippen LogP contribution in [0.25, 0.3) is 10.6 Å². The van der Waals surface area contributed by atoms with Gasteiger partial charge < -0.3 is 15.0 Å². The number of sulfonamides is 1. The van der Waals surface area contributed by atoms with Crippen molar-refractivity contribution in [2.24, 2.45) is 17.8 Å². The van der Waals surface area contributed by atoms with E-state index in [0.29, 0.717) is 43.7 Å². The highest BCUT2D eigenvalue weighted by atomic mass is 32.2. The summed E-state index contributed by atoms with van der Waals surface area (Å²) >= 11 is 1.28. The van der Waals surface area contributed by atoms with Crippen molar-refractivity contribution in [3.63, 3.8) is 0 Å². The van der Waals surface area contributed by atoms with Crippen molar-refractivity contribution in [1.29, 1.82) is 0 Å². The number of nitrogens with one attached hydrogen (secondary N) is 3. The van der Waals surface area contributed by atoms with Crippen LogP contribution in [0, 0.1) is 17.8 Å². The third-order valence-corrected chi connectivity index (χ3v) is 13.0. The standard InChI is InChI=1S/C34H40F3N5O7S2/c1-3-22-18-38-29(50-22)24-12-9-19(34(35,36)37)14-27(24)39-32(46)49-21-15-25-26(16-21)30(44)42(2)13-7-5-4-6-8-20-17-33(20,40-28(25)43)31(45)41-51(47,48)23-10-11-23/h6,8-9,12,14,18,20-21,23,25-26H,3-5,7,10-11,13,15-17H2,1-2H3,(H,39,46)(H,40,43)(H,41,45)/b8-6+. The lowest BCUT2D eigenvalue weighted by molar-refractivity contribution is -0.140. The van der Waals surface area contributed by atoms with Gasteiger partial charge in [0.15, 0.2) is 0 Å². The van der Waals surface area contributed by atoms with Gasteiger partial charge in [-0.2, -0.15) is 13.2 Å². The Balaban J connectivity index is 1.22. The second kappa shape index (κ2) is 14.2. The SMILES string of the molecule is CCc1cnc(-c2ccc(C(F)(F)F)cc2NC(=O)OC2CC3C(=O)NC4(C(=O)NS(=O)(=O)C5CC5)CC4/C=C/CCCCN(C)C(=O)C3C2)s1. The summed E-state index contributed by atoms with van der Waals surface area (Å²) in [5.41, 5.74) is -2.41. The number of benzene rings is 1. The Kier molecular flexibility index (Phi) is 10.2. The molecule has 4 amide bonds. The summed E-state index contributed by atoms with van der Waals surface area (Å²) < 4.78 is 74.1. The number of anilines is 1. The molecule has 5 atom stereocenters. The molecule has 3 aliphatic carbocycles. The van der Waals surface area contributed by atoms with E-state index in [-0.39, 0.29) is 36.4 Å². The van der Waals surface area contributed by atoms with Crippen molar-refractivity contribution in [3.05, 3.63) is 47.0 Å². The number of hydrogen-bond donors (Lipinski definition) is 3. The summed E-state index contributed by atoms with van der Waals surface area (Å²) in [7, 11) is -2.29. The Morgan fingerprint density at radius 2 is 1.90 bits per heavy atom. The number of hydrogen-bond acceptors (Lipinski definition) is 9. The lowest BCUT2D eigenvalue weighted by Crippen LogP contribution is -2.54. The van der Waals surface area contributed by atoms with E-state index in [1.54, 1.807) is 13.2 Å². The number of aromatic nitrogens is 1. The predicted octanol–water partition coefficient (Wildman–Crippen LogP) is 5.02. The average Bonchev–Trinajstić information content (AvgIpc) is 3.95. The predicted molar refractivity (Wildman–Crippen MR) is 182 cm³/mol. The van der Waals surface area contributed by atoms with Gasteiger partial charge >= 0.3 is 12.3 Å². The molecule has 4 aliphatic rings. The number of thiazole rings is 1. The van der Waals surface area contributed by atoms with Gasteiger partial charge in [-0.1, -0.05) is 19.1 Å². The molecule has 3 saturated carbocycles. The van der Waals surface area contributed by atoms with Crippen LogP contribution in [-0.4, -0.2) is 72.6 Å². The number of aryl methyl sites for hydroxylation is 1. The zero-order chi connectivity index (χ0) is 36.7. The van der Waals surface area contributed by atoms with Gasteiger partial charge in [0.05, 0.1) is 28.3 Å². The summed E-state index contributed by atoms with van der Waals surface area (Å²) in [6.45, 7) is 2.34. The highest BCUT2D eigenvalue weighted by Gasteiger charge is 2.62. The van der Waals surface area contributed by atoms with Crippen LogP contribution in [0.4, 0.5) is 23.7 Å². The van der Waals surface area contributed by atoms with Crippen LogP contribution in [-0.2, 0) is 41.7 Å². The van der Waals surface area contributed by atoms with Gasteiger partial charge in [0, 0.05) is 36.1 Å². The zero-order valence-electron chi connectivity index (χ0n) is 28.1. The van der Waals surface area contributed by atoms with Crippen LogP contribution in [0.1, 0.15) is 68.7 Å². The topological polar surface area (TPSA) is 164 Å². The minimum Gasteiger partial charge on any atom is -0.446 e. The number of amides is 4. The molecule has 6 rings (SSSR count). The maximum absolute atomic E-state index is 14.0. The van der Waals surface area contributed by atoms with Crippen LogP contribution in [0.2, 0.25) is 0 Å². The van der Waals surface area contributed by atoms with Crippen molar-refractivity contribution in [2.45, 2.75) is 87.8 Å². The van der Waals surface area contributed by atoms with E-state index in [4.69, 9.17) is 4.74 Å². The van der Waals surface area contributed by atoms with Gasteiger partial charge in [-0.3, -0.25) is 24.4 Å². The third kappa shape index (κ3) is 8.08. The fourth-order valence-electron chi connectivity index (χ4n) is 6.79. The molecule has 1 aromatic carbocycles. The molecule has 1 aromatic heterocycles. The fraction of sp³-hybridized carbons (Fsp3) is 0.559. The summed E-state index contributed by atoms with van der Waals surface area (Å²) in [4.78, 5) is 61.1. The van der Waals surface area contributed by atoms with Gasteiger partial charge in [-0.25, -0.2) is 18.2 Å². The first-order valence-corrected chi connectivity index (χ1v) is 19.4. The Morgan fingerprint density at radius 1 is 1.16 bits per heavy atom. The first-order valence-electron chi connectivity index (χ1n) is 17.0. The summed E-state index contributed by atoms with van der Waals surface area (Å²) in [5, 5.41) is 4.95. The van der Waals surface area contributed by atoms with Crippen molar-refractivity contribution >= 4 is 50.9 Å². The van der Waals surface area contributed by atoms with Crippen LogP contribution in [0.5, 0.6) is 0 Å². The lowest BCUT2D eigenvalue weighted by Gasteiger charge is -2.26. The number of fused-ring (bicyclic) bond motifs is 2. The molecule has 276 valence electrons. The first-order chi connectivity index (χ1) is 24.1. The van der Waals surface area contributed by atoms with E-state index >= 15 is 0 Å². The third-order valence-electron chi connectivity index (χ3n) is 9.99. The number of rotatable bonds is 7. The number of nitrogens with zero attached hydrogens (tertiary/aromatic N) is 2. The van der Waals surface area contributed by atoms with Gasteiger partial charge in [-0.05, 0) is 76.0 Å². The van der Waals surface area contributed by atoms with Crippen molar-refractivity contribution in [2.75, 3.05) is 18.9 Å². The van der Waals surface area contributed by atoms with E-state index in [1.807, 2.05) is 19.1 Å². The molecular weight excluding hydrogens is 712 g/mol. The van der Waals surface area contributed by atoms with Gasteiger partial charge in [-0.15, -0.1) is 11.3 Å². The molecule has 0 spiro atoms. The Bertz CT molecular complexity index is 1840. The van der Waals surface area contributed by atoms with Crippen molar-refractivity contribution in [1.82, 2.24) is 19.9 Å². The minimum absolute atomic E-state index is 0.0466. The first kappa shape index (κ1) is 36.8. The van der Waals surface area contributed by atoms with E-state index in [2.05, 4.69) is 20.3 Å². The molecule has 1 aliphatic heterocycles. The molecular formula is C34H40F3N5O7S2. The number of carbonyl (C=O) groups excluding carboxylic acids is 4. The van der Waals surface area contributed by atoms with Crippen LogP contribution in [0.15, 0.2) is 36.5 Å². The minimum atomic E-state index is -4.69. The number of carbonyl (C=O) groups is 4. The van der Waals surface area contributed by atoms with Crippen LogP contribution < -0.4 is 15.4 Å². The van der Waals surface area contributed by atoms with Gasteiger partial charge in [0.1, 0.15) is 16.7 Å². The molecule has 0 bridgehead atoms. The second-order valence-corrected chi connectivity index (χ2v) is 16.8. The Hall–Kier alpha value is -3.99. The maximum atomic E-state index is 14.0. The number of allylic oxidation sites excluding steroid dienone is 1. The van der Waals surface area contributed by atoms with Crippen molar-refractivity contribution in [3.8, 4) is 10.6 Å². The largest absolute Gasteiger partial charge is 0.446 e. The highest BCUT2D eigenvalue weighted by Crippen LogP contribution is 2.47. The fourth-order valence-corrected chi connectivity index (χ4v) is 9.04. The normalized spacial score (nSPS) is 27.7. The summed E-state index contributed by atoms with van der Waals surface area (Å²) in [6, 6.07) is 2.94. The molecule has 3 fully saturated rings. The van der Waals surface area contributed by atoms with Crippen LogP contribution in [0.3, 0.4) is 0 Å². The molecule has 2 heterocycles. The maximum Gasteiger partial charge on any atom is 0.416 e. The highest BCUT2D eigenvalue weighted by molar-refractivity contribution is 7.91. The van der Waals surface area contributed by atoms with E-state index < -0.39 is 74.3 Å². The van der Waals surface area contributed by atoms with E-state index in [1.165, 1.54) is 22.3 Å². The molecule has 2 aromatic rings. The summed E-state index contributed by atoms with van der Waals surface area (Å²) in [5.74, 6) is -4.28. The molecule has 5 unspecified atom stereocenters. The van der Waals surface area contributed by atoms with Crippen molar-refractivity contribution < 1.29 is 45.5 Å². The molecule has 0 radical (unpaired) electrons. The monoisotopic (exact) mass is 751 g/mol.